The van der Waals surface area contributed by atoms with E-state index in [4.69, 9.17) is 0 Å². The number of halogens is 4. The van der Waals surface area contributed by atoms with Gasteiger partial charge in [-0.25, -0.2) is 4.39 Å². The number of aryl methyl sites for hydroxylation is 2. The number of phenols is 1. The highest BCUT2D eigenvalue weighted by Crippen LogP contribution is 2.39. The number of carbonyl (C=O) groups excluding carboxylic acids is 1. The molecule has 3 heterocycles. The van der Waals surface area contributed by atoms with Crippen LogP contribution in [0, 0.1) is 6.92 Å². The van der Waals surface area contributed by atoms with Gasteiger partial charge in [0.2, 0.25) is 5.91 Å². The van der Waals surface area contributed by atoms with Crippen molar-refractivity contribution in [1.82, 2.24) is 15.1 Å². The summed E-state index contributed by atoms with van der Waals surface area (Å²) in [4.78, 5) is 15.4. The Morgan fingerprint density at radius 3 is 2.66 bits per heavy atom. The summed E-state index contributed by atoms with van der Waals surface area (Å²) in [6.45, 7) is 4.13. The third kappa shape index (κ3) is 4.22. The first-order chi connectivity index (χ1) is 15.0. The lowest BCUT2D eigenvalue weighted by atomic mass is 9.98. The zero-order chi connectivity index (χ0) is 23.2. The van der Waals surface area contributed by atoms with Gasteiger partial charge in [0.25, 0.3) is 0 Å². The second-order valence-electron chi connectivity index (χ2n) is 8.47. The maximum absolute atomic E-state index is 13.9. The number of anilines is 1. The van der Waals surface area contributed by atoms with Gasteiger partial charge in [-0.3, -0.25) is 4.79 Å². The highest BCUT2D eigenvalue weighted by atomic mass is 19.4. The number of likely N-dealkylation sites (tertiary alicyclic amines) is 1. The van der Waals surface area contributed by atoms with Gasteiger partial charge in [0.05, 0.1) is 23.8 Å². The molecule has 2 aliphatic heterocycles. The Bertz CT molecular complexity index is 1020. The van der Waals surface area contributed by atoms with Crippen molar-refractivity contribution in [2.24, 2.45) is 0 Å². The molecular weight excluding hydrogens is 428 g/mol. The average Bonchev–Trinajstić information content (AvgIpc) is 3.07. The molecule has 172 valence electrons. The van der Waals surface area contributed by atoms with Gasteiger partial charge in [-0.1, -0.05) is 0 Å². The number of alkyl halides is 4. The first-order valence-corrected chi connectivity index (χ1v) is 10.5. The Hall–Kier alpha value is -2.91. The molecule has 2 atom stereocenters. The summed E-state index contributed by atoms with van der Waals surface area (Å²) < 4.78 is 53.0. The molecule has 2 aliphatic rings. The van der Waals surface area contributed by atoms with Gasteiger partial charge in [-0.15, -0.1) is 10.2 Å². The van der Waals surface area contributed by atoms with Crippen LogP contribution >= 0.6 is 0 Å². The smallest absolute Gasteiger partial charge is 0.416 e. The molecule has 0 unspecified atom stereocenters. The molecule has 6 nitrogen and oxygen atoms in total. The number of hydrogen-bond donors (Lipinski definition) is 1. The summed E-state index contributed by atoms with van der Waals surface area (Å²) in [5, 5.41) is 18.8. The predicted octanol–water partition coefficient (Wildman–Crippen LogP) is 3.89. The second-order valence-corrected chi connectivity index (χ2v) is 8.47. The van der Waals surface area contributed by atoms with E-state index in [1.807, 2.05) is 4.90 Å². The molecule has 4 rings (SSSR count). The van der Waals surface area contributed by atoms with E-state index in [0.717, 1.165) is 18.1 Å². The highest BCUT2D eigenvalue weighted by Gasteiger charge is 2.36. The Kier molecular flexibility index (Phi) is 5.72. The van der Waals surface area contributed by atoms with Crippen molar-refractivity contribution in [1.29, 1.82) is 0 Å². The number of hydrogen-bond acceptors (Lipinski definition) is 5. The van der Waals surface area contributed by atoms with Crippen molar-refractivity contribution in [2.45, 2.75) is 51.5 Å². The Morgan fingerprint density at radius 1 is 1.25 bits per heavy atom. The summed E-state index contributed by atoms with van der Waals surface area (Å²) in [6.07, 6.45) is -3.83. The topological polar surface area (TPSA) is 69.6 Å². The van der Waals surface area contributed by atoms with Gasteiger partial charge >= 0.3 is 6.18 Å². The van der Waals surface area contributed by atoms with Crippen molar-refractivity contribution in [2.75, 3.05) is 24.5 Å². The number of aromatic hydroxyl groups is 1. The van der Waals surface area contributed by atoms with E-state index >= 15 is 0 Å². The normalized spacial score (nSPS) is 21.1. The lowest BCUT2D eigenvalue weighted by Crippen LogP contribution is -2.44. The molecule has 1 aromatic carbocycles. The largest absolute Gasteiger partial charge is 0.507 e. The fraction of sp³-hybridized carbons (Fsp3) is 0.500. The molecule has 1 aromatic heterocycles. The summed E-state index contributed by atoms with van der Waals surface area (Å²) in [6, 6.07) is 3.15. The van der Waals surface area contributed by atoms with Crippen molar-refractivity contribution in [3.8, 4) is 17.0 Å². The number of nitrogens with zero attached hydrogens (tertiary/aromatic N) is 4. The number of fused-ring (bicyclic) bond motifs is 1. The molecule has 0 radical (unpaired) electrons. The van der Waals surface area contributed by atoms with Gasteiger partial charge in [0.1, 0.15) is 11.9 Å². The van der Waals surface area contributed by atoms with E-state index in [9.17, 15) is 27.5 Å². The maximum atomic E-state index is 13.9. The summed E-state index contributed by atoms with van der Waals surface area (Å²) in [5.41, 5.74) is 0.681. The molecule has 1 saturated heterocycles. The van der Waals surface area contributed by atoms with E-state index in [-0.39, 0.29) is 36.0 Å². The third-order valence-corrected chi connectivity index (χ3v) is 6.12. The number of benzene rings is 1. The molecule has 0 aliphatic carbocycles. The molecule has 1 N–H and O–H groups in total. The fourth-order valence-corrected chi connectivity index (χ4v) is 4.68. The fourth-order valence-electron chi connectivity index (χ4n) is 4.68. The molecule has 0 spiro atoms. The van der Waals surface area contributed by atoms with Crippen molar-refractivity contribution < 1.29 is 27.5 Å². The molecular formula is C22H24F4N4O2. The van der Waals surface area contributed by atoms with Crippen LogP contribution in [-0.2, 0) is 17.4 Å². The minimum atomic E-state index is -4.56. The summed E-state index contributed by atoms with van der Waals surface area (Å²) >= 11 is 0. The monoisotopic (exact) mass is 452 g/mol. The lowest BCUT2D eigenvalue weighted by Gasteiger charge is -2.34. The van der Waals surface area contributed by atoms with Gasteiger partial charge in [-0.05, 0) is 49.1 Å². The maximum Gasteiger partial charge on any atom is 0.416 e. The Labute approximate surface area is 182 Å². The number of carbonyl (C=O) groups is 1. The minimum Gasteiger partial charge on any atom is -0.507 e. The van der Waals surface area contributed by atoms with E-state index in [2.05, 4.69) is 10.2 Å². The molecule has 0 bridgehead atoms. The minimum absolute atomic E-state index is 0.0950. The predicted molar refractivity (Wildman–Crippen MR) is 110 cm³/mol. The van der Waals surface area contributed by atoms with Crippen LogP contribution in [0.1, 0.15) is 36.5 Å². The third-order valence-electron chi connectivity index (χ3n) is 6.12. The van der Waals surface area contributed by atoms with Crippen LogP contribution in [0.15, 0.2) is 18.2 Å². The highest BCUT2D eigenvalue weighted by molar-refractivity contribution is 5.74. The molecule has 2 aromatic rings. The quantitative estimate of drug-likeness (QED) is 0.716. The van der Waals surface area contributed by atoms with Crippen LogP contribution in [0.5, 0.6) is 5.75 Å². The van der Waals surface area contributed by atoms with Crippen molar-refractivity contribution in [3.05, 3.63) is 34.9 Å². The molecule has 0 saturated carbocycles. The number of amides is 1. The van der Waals surface area contributed by atoms with Crippen LogP contribution in [0.4, 0.5) is 23.4 Å². The molecule has 32 heavy (non-hydrogen) atoms. The van der Waals surface area contributed by atoms with Gasteiger partial charge < -0.3 is 14.9 Å². The van der Waals surface area contributed by atoms with E-state index in [1.54, 1.807) is 11.0 Å². The van der Waals surface area contributed by atoms with Crippen LogP contribution in [0.25, 0.3) is 11.3 Å². The lowest BCUT2D eigenvalue weighted by molar-refractivity contribution is -0.137. The number of aromatic nitrogens is 2. The summed E-state index contributed by atoms with van der Waals surface area (Å²) in [5.74, 6) is -0.0479. The van der Waals surface area contributed by atoms with E-state index < -0.39 is 23.7 Å². The molecule has 1 amide bonds. The SMILES string of the molecule is CC(=O)N1C[C@@H](F)C[C@H]1CN1CCCc2cc(-c3c(C)cc(C(F)(F)F)cc3O)nnc21. The average molecular weight is 452 g/mol. The first-order valence-electron chi connectivity index (χ1n) is 10.5. The first kappa shape index (κ1) is 22.3. The van der Waals surface area contributed by atoms with Crippen LogP contribution in [0.2, 0.25) is 0 Å². The van der Waals surface area contributed by atoms with Crippen LogP contribution < -0.4 is 4.90 Å². The van der Waals surface area contributed by atoms with Gasteiger partial charge in [0.15, 0.2) is 5.82 Å². The van der Waals surface area contributed by atoms with Crippen molar-refractivity contribution in [3.63, 3.8) is 0 Å². The van der Waals surface area contributed by atoms with Gasteiger partial charge in [-0.2, -0.15) is 13.2 Å². The number of rotatable bonds is 3. The van der Waals surface area contributed by atoms with Crippen molar-refractivity contribution >= 4 is 11.7 Å². The van der Waals surface area contributed by atoms with E-state index in [1.165, 1.54) is 13.8 Å². The zero-order valence-electron chi connectivity index (χ0n) is 17.8. The standard InChI is InChI=1S/C22H24F4N4O2/c1-12-6-15(22(24,25)26)8-19(32)20(12)18-7-14-4-3-5-29(21(14)28-27-18)11-17-9-16(23)10-30(17)13(2)31/h6-8,16-17,32H,3-5,9-11H2,1-2H3/t16-,17-/m0/s1. The second kappa shape index (κ2) is 8.22. The Morgan fingerprint density at radius 2 is 2.00 bits per heavy atom. The summed E-state index contributed by atoms with van der Waals surface area (Å²) in [7, 11) is 0. The van der Waals surface area contributed by atoms with E-state index in [0.29, 0.717) is 37.1 Å². The van der Waals surface area contributed by atoms with Crippen LogP contribution in [-0.4, -0.2) is 58.0 Å². The number of phenolic OH excluding ortho intramolecular Hbond substituents is 1. The van der Waals surface area contributed by atoms with Crippen LogP contribution in [0.3, 0.4) is 0 Å². The Balaban J connectivity index is 1.63. The van der Waals surface area contributed by atoms with Gasteiger partial charge in [0, 0.05) is 32.0 Å². The zero-order valence-corrected chi connectivity index (χ0v) is 17.8. The molecule has 1 fully saturated rings. The molecule has 10 heteroatoms.